The van der Waals surface area contributed by atoms with Crippen molar-refractivity contribution < 1.29 is 23.1 Å². The van der Waals surface area contributed by atoms with Gasteiger partial charge in [0.1, 0.15) is 10.6 Å². The van der Waals surface area contributed by atoms with E-state index in [9.17, 15) is 13.2 Å². The average Bonchev–Trinajstić information content (AvgIpc) is 2.35. The number of nitrogens with two attached hydrogens (primary N) is 1. The molecule has 0 radical (unpaired) electrons. The minimum Gasteiger partial charge on any atom is -0.495 e. The first-order valence-corrected chi connectivity index (χ1v) is 6.51. The zero-order chi connectivity index (χ0) is 13.8. The number of carboxylic acid groups (broad SMARTS) is 1. The number of ether oxygens (including phenoxy) is 1. The van der Waals surface area contributed by atoms with Crippen LogP contribution in [0.4, 0.5) is 0 Å². The molecule has 0 atom stereocenters. The summed E-state index contributed by atoms with van der Waals surface area (Å²) >= 11 is 0. The van der Waals surface area contributed by atoms with Crippen molar-refractivity contribution in [1.82, 2.24) is 4.72 Å². The highest BCUT2D eigenvalue weighted by molar-refractivity contribution is 7.89. The third-order valence-corrected chi connectivity index (χ3v) is 3.62. The molecule has 0 bridgehead atoms. The third kappa shape index (κ3) is 3.19. The second kappa shape index (κ2) is 5.80. The molecule has 1 aromatic rings. The van der Waals surface area contributed by atoms with Gasteiger partial charge in [0.2, 0.25) is 10.0 Å². The first kappa shape index (κ1) is 14.4. The number of methoxy groups -OCH3 is 1. The van der Waals surface area contributed by atoms with Crippen LogP contribution in [0.5, 0.6) is 5.75 Å². The fraction of sp³-hybridized carbons (Fsp3) is 0.300. The van der Waals surface area contributed by atoms with Gasteiger partial charge in [0.05, 0.1) is 12.7 Å². The molecule has 0 heterocycles. The standard InChI is InChI=1S/C10H14N2O5S/c1-17-8-3-2-7(10(13)14)6-9(8)18(15,16)12-5-4-11/h2-3,6,12H,4-5,11H2,1H3,(H,13,14). The molecule has 8 heteroatoms. The summed E-state index contributed by atoms with van der Waals surface area (Å²) in [6.45, 7) is 0.197. The van der Waals surface area contributed by atoms with E-state index in [4.69, 9.17) is 15.6 Å². The van der Waals surface area contributed by atoms with Crippen molar-refractivity contribution in [1.29, 1.82) is 0 Å². The lowest BCUT2D eigenvalue weighted by atomic mass is 10.2. The highest BCUT2D eigenvalue weighted by Gasteiger charge is 2.20. The molecule has 0 aliphatic rings. The molecule has 0 fully saturated rings. The second-order valence-corrected chi connectivity index (χ2v) is 5.09. The Hall–Kier alpha value is -1.64. The maximum Gasteiger partial charge on any atom is 0.335 e. The van der Waals surface area contributed by atoms with Gasteiger partial charge in [0.15, 0.2) is 0 Å². The van der Waals surface area contributed by atoms with Crippen LogP contribution >= 0.6 is 0 Å². The molecule has 18 heavy (non-hydrogen) atoms. The number of nitrogens with one attached hydrogen (secondary N) is 1. The summed E-state index contributed by atoms with van der Waals surface area (Å²) in [6, 6.07) is 3.60. The SMILES string of the molecule is COc1ccc(C(=O)O)cc1S(=O)(=O)NCCN. The molecule has 0 amide bonds. The van der Waals surface area contributed by atoms with Crippen molar-refractivity contribution in [2.75, 3.05) is 20.2 Å². The Morgan fingerprint density at radius 3 is 2.67 bits per heavy atom. The van der Waals surface area contributed by atoms with Crippen LogP contribution in [0.2, 0.25) is 0 Å². The Balaban J connectivity index is 3.27. The molecule has 7 nitrogen and oxygen atoms in total. The lowest BCUT2D eigenvalue weighted by Crippen LogP contribution is -2.29. The van der Waals surface area contributed by atoms with Crippen LogP contribution in [0.3, 0.4) is 0 Å². The summed E-state index contributed by atoms with van der Waals surface area (Å²) < 4.78 is 31.0. The minimum absolute atomic E-state index is 0.0583. The summed E-state index contributed by atoms with van der Waals surface area (Å²) in [5.74, 6) is -1.14. The first-order chi connectivity index (χ1) is 8.42. The molecule has 0 aliphatic carbocycles. The predicted molar refractivity (Wildman–Crippen MR) is 64.2 cm³/mol. The molecule has 0 saturated heterocycles. The number of rotatable bonds is 6. The second-order valence-electron chi connectivity index (χ2n) is 3.36. The molecular weight excluding hydrogens is 260 g/mol. The molecule has 0 unspecified atom stereocenters. The lowest BCUT2D eigenvalue weighted by molar-refractivity contribution is 0.0696. The van der Waals surface area contributed by atoms with E-state index < -0.39 is 16.0 Å². The zero-order valence-corrected chi connectivity index (χ0v) is 10.5. The van der Waals surface area contributed by atoms with E-state index in [0.717, 1.165) is 6.07 Å². The quantitative estimate of drug-likeness (QED) is 0.651. The molecule has 0 spiro atoms. The predicted octanol–water partition coefficient (Wildman–Crippen LogP) is -0.370. The molecule has 100 valence electrons. The maximum atomic E-state index is 11.9. The smallest absolute Gasteiger partial charge is 0.335 e. The van der Waals surface area contributed by atoms with E-state index in [1.54, 1.807) is 0 Å². The fourth-order valence-corrected chi connectivity index (χ4v) is 2.53. The molecule has 0 aromatic heterocycles. The average molecular weight is 274 g/mol. The fourth-order valence-electron chi connectivity index (χ4n) is 1.29. The van der Waals surface area contributed by atoms with Crippen molar-refractivity contribution in [2.24, 2.45) is 5.73 Å². The first-order valence-electron chi connectivity index (χ1n) is 5.03. The minimum atomic E-state index is -3.84. The van der Waals surface area contributed by atoms with Crippen molar-refractivity contribution in [3.63, 3.8) is 0 Å². The van der Waals surface area contributed by atoms with Gasteiger partial charge in [-0.05, 0) is 18.2 Å². The molecule has 0 aliphatic heterocycles. The van der Waals surface area contributed by atoms with Gasteiger partial charge in [-0.15, -0.1) is 0 Å². The summed E-state index contributed by atoms with van der Waals surface area (Å²) in [7, 11) is -2.54. The third-order valence-electron chi connectivity index (χ3n) is 2.14. The Morgan fingerprint density at radius 2 is 2.17 bits per heavy atom. The van der Waals surface area contributed by atoms with Crippen LogP contribution in [0.25, 0.3) is 0 Å². The van der Waals surface area contributed by atoms with Gasteiger partial charge < -0.3 is 15.6 Å². The Bertz CT molecular complexity index is 541. The summed E-state index contributed by atoms with van der Waals surface area (Å²) in [4.78, 5) is 10.6. The van der Waals surface area contributed by atoms with Crippen LogP contribution in [0, 0.1) is 0 Å². The Labute approximate surface area is 105 Å². The number of benzene rings is 1. The number of sulfonamides is 1. The van der Waals surface area contributed by atoms with E-state index >= 15 is 0 Å². The highest BCUT2D eigenvalue weighted by atomic mass is 32.2. The largest absolute Gasteiger partial charge is 0.495 e. The summed E-state index contributed by atoms with van der Waals surface area (Å²) in [6.07, 6.45) is 0. The van der Waals surface area contributed by atoms with Gasteiger partial charge in [-0.2, -0.15) is 0 Å². The number of carboxylic acids is 1. The summed E-state index contributed by atoms with van der Waals surface area (Å²) in [5.41, 5.74) is 5.07. The molecule has 4 N–H and O–H groups in total. The molecule has 1 rings (SSSR count). The van der Waals surface area contributed by atoms with Gasteiger partial charge in [-0.1, -0.05) is 0 Å². The lowest BCUT2D eigenvalue weighted by Gasteiger charge is -2.10. The van der Waals surface area contributed by atoms with Crippen molar-refractivity contribution >= 4 is 16.0 Å². The van der Waals surface area contributed by atoms with E-state index in [2.05, 4.69) is 4.72 Å². The molecule has 1 aromatic carbocycles. The van der Waals surface area contributed by atoms with Crippen LogP contribution < -0.4 is 15.2 Å². The van der Waals surface area contributed by atoms with Gasteiger partial charge >= 0.3 is 5.97 Å². The van der Waals surface area contributed by atoms with Crippen LogP contribution in [0.15, 0.2) is 23.1 Å². The molecular formula is C10H14N2O5S. The van der Waals surface area contributed by atoms with E-state index in [1.807, 2.05) is 0 Å². The number of carbonyl (C=O) groups is 1. The number of hydrogen-bond acceptors (Lipinski definition) is 5. The van der Waals surface area contributed by atoms with Crippen LogP contribution in [0.1, 0.15) is 10.4 Å². The summed E-state index contributed by atoms with van der Waals surface area (Å²) in [5, 5.41) is 8.84. The van der Waals surface area contributed by atoms with E-state index in [-0.39, 0.29) is 29.3 Å². The maximum absolute atomic E-state index is 11.9. The zero-order valence-electron chi connectivity index (χ0n) is 9.71. The number of aromatic carboxylic acids is 1. The van der Waals surface area contributed by atoms with Gasteiger partial charge in [-0.25, -0.2) is 17.9 Å². The van der Waals surface area contributed by atoms with Gasteiger partial charge in [-0.3, -0.25) is 0 Å². The van der Waals surface area contributed by atoms with Crippen molar-refractivity contribution in [3.8, 4) is 5.75 Å². The monoisotopic (exact) mass is 274 g/mol. The van der Waals surface area contributed by atoms with Crippen molar-refractivity contribution in [3.05, 3.63) is 23.8 Å². The van der Waals surface area contributed by atoms with Crippen molar-refractivity contribution in [2.45, 2.75) is 4.90 Å². The van der Waals surface area contributed by atoms with E-state index in [1.165, 1.54) is 19.2 Å². The topological polar surface area (TPSA) is 119 Å². The number of hydrogen-bond donors (Lipinski definition) is 3. The highest BCUT2D eigenvalue weighted by Crippen LogP contribution is 2.24. The van der Waals surface area contributed by atoms with Gasteiger partial charge in [0.25, 0.3) is 0 Å². The normalized spacial score (nSPS) is 11.2. The van der Waals surface area contributed by atoms with E-state index in [0.29, 0.717) is 0 Å². The van der Waals surface area contributed by atoms with Gasteiger partial charge in [0, 0.05) is 13.1 Å². The molecule has 0 saturated carbocycles. The Morgan fingerprint density at radius 1 is 1.50 bits per heavy atom. The Kier molecular flexibility index (Phi) is 4.65. The van der Waals surface area contributed by atoms with Crippen LogP contribution in [-0.2, 0) is 10.0 Å². The van der Waals surface area contributed by atoms with Crippen LogP contribution in [-0.4, -0.2) is 39.7 Å².